The fourth-order valence-corrected chi connectivity index (χ4v) is 6.69. The molecule has 0 radical (unpaired) electrons. The Morgan fingerprint density at radius 3 is 2.50 bits per heavy atom. The van der Waals surface area contributed by atoms with Crippen LogP contribution in [0.25, 0.3) is 10.9 Å². The van der Waals surface area contributed by atoms with E-state index in [9.17, 15) is 14.7 Å². The number of nitrogens with zero attached hydrogens (tertiary/aromatic N) is 4. The molecule has 2 aromatic heterocycles. The van der Waals surface area contributed by atoms with E-state index < -0.39 is 0 Å². The average Bonchev–Trinajstić information content (AvgIpc) is 3.56. The van der Waals surface area contributed by atoms with Crippen molar-refractivity contribution in [1.29, 1.82) is 0 Å². The smallest absolute Gasteiger partial charge is 0.325 e. The van der Waals surface area contributed by atoms with Crippen molar-refractivity contribution in [2.75, 3.05) is 37.5 Å². The number of methoxy groups -OCH3 is 1. The molecule has 2 saturated heterocycles. The van der Waals surface area contributed by atoms with Crippen LogP contribution in [0.5, 0.6) is 0 Å². The average molecular weight is 597 g/mol. The molecule has 2 fully saturated rings. The van der Waals surface area contributed by atoms with Crippen LogP contribution in [-0.4, -0.2) is 77.0 Å². The van der Waals surface area contributed by atoms with Gasteiger partial charge in [-0.2, -0.15) is 0 Å². The first-order valence-corrected chi connectivity index (χ1v) is 15.3. The van der Waals surface area contributed by atoms with E-state index in [4.69, 9.17) is 4.74 Å². The zero-order valence-corrected chi connectivity index (χ0v) is 25.3. The summed E-state index contributed by atoms with van der Waals surface area (Å²) in [6, 6.07) is 20.2. The van der Waals surface area contributed by atoms with E-state index in [0.29, 0.717) is 36.6 Å². The summed E-state index contributed by atoms with van der Waals surface area (Å²) in [5.41, 5.74) is 4.40. The molecule has 2 bridgehead atoms. The first kappa shape index (κ1) is 29.8. The highest BCUT2D eigenvalue weighted by Gasteiger charge is 2.39. The quantitative estimate of drug-likeness (QED) is 0.218. The normalized spacial score (nSPS) is 19.7. The van der Waals surface area contributed by atoms with Gasteiger partial charge in [0.25, 0.3) is 5.91 Å². The van der Waals surface area contributed by atoms with Gasteiger partial charge < -0.3 is 25.4 Å². The Morgan fingerprint density at radius 1 is 1.02 bits per heavy atom. The number of aromatic nitrogens is 2. The van der Waals surface area contributed by atoms with Gasteiger partial charge in [-0.3, -0.25) is 14.3 Å². The summed E-state index contributed by atoms with van der Waals surface area (Å²) < 4.78 is 6.90. The van der Waals surface area contributed by atoms with Crippen LogP contribution in [0.4, 0.5) is 22.0 Å². The summed E-state index contributed by atoms with van der Waals surface area (Å²) in [7, 11) is 3.30. The number of nitrogens with one attached hydrogen (secondary N) is 2. The van der Waals surface area contributed by atoms with Gasteiger partial charge in [0, 0.05) is 86.7 Å². The number of hydrogen-bond acceptors (Lipinski definition) is 7. The molecule has 2 aromatic carbocycles. The third-order valence-electron chi connectivity index (χ3n) is 8.89. The molecule has 6 rings (SSSR count). The molecule has 2 amide bonds. The van der Waals surface area contributed by atoms with Crippen molar-refractivity contribution in [3.8, 4) is 0 Å². The Kier molecular flexibility index (Phi) is 8.92. The summed E-state index contributed by atoms with van der Waals surface area (Å²) in [6.07, 6.45) is 8.09. The predicted molar refractivity (Wildman–Crippen MR) is 172 cm³/mol. The molecule has 2 atom stereocenters. The second-order valence-electron chi connectivity index (χ2n) is 11.7. The van der Waals surface area contributed by atoms with Crippen LogP contribution in [-0.2, 0) is 11.3 Å². The molecule has 4 aromatic rings. The lowest BCUT2D eigenvalue weighted by Gasteiger charge is -2.37. The molecular formula is C34H40N6O4. The topological polar surface area (TPSA) is 112 Å². The number of carbonyl (C=O) groups is 2. The minimum absolute atomic E-state index is 0.175. The van der Waals surface area contributed by atoms with E-state index in [1.807, 2.05) is 54.6 Å². The van der Waals surface area contributed by atoms with Crippen LogP contribution in [0.1, 0.15) is 48.0 Å². The molecule has 4 heterocycles. The summed E-state index contributed by atoms with van der Waals surface area (Å²) in [4.78, 5) is 34.5. The third kappa shape index (κ3) is 6.33. The van der Waals surface area contributed by atoms with Crippen LogP contribution in [0.2, 0.25) is 0 Å². The molecule has 2 unspecified atom stereocenters. The van der Waals surface area contributed by atoms with Crippen LogP contribution < -0.4 is 15.5 Å². The highest BCUT2D eigenvalue weighted by atomic mass is 16.5. The number of aliphatic hydroxyl groups is 1. The van der Waals surface area contributed by atoms with Crippen molar-refractivity contribution in [3.63, 3.8) is 0 Å². The fraction of sp³-hybridized carbons (Fsp3) is 0.382. The van der Waals surface area contributed by atoms with Gasteiger partial charge in [-0.15, -0.1) is 0 Å². The van der Waals surface area contributed by atoms with Crippen molar-refractivity contribution in [2.24, 2.45) is 0 Å². The van der Waals surface area contributed by atoms with Gasteiger partial charge in [0.15, 0.2) is 0 Å². The second-order valence-corrected chi connectivity index (χ2v) is 11.7. The molecular weight excluding hydrogens is 556 g/mol. The number of rotatable bonds is 10. The van der Waals surface area contributed by atoms with Gasteiger partial charge in [-0.25, -0.2) is 9.78 Å². The van der Waals surface area contributed by atoms with Gasteiger partial charge in [0.05, 0.1) is 11.6 Å². The molecule has 3 N–H and O–H groups in total. The van der Waals surface area contributed by atoms with Crippen LogP contribution in [0, 0.1) is 0 Å². The monoisotopic (exact) mass is 596 g/mol. The number of anilines is 3. The Hall–Kier alpha value is -4.25. The maximum absolute atomic E-state index is 13.2. The van der Waals surface area contributed by atoms with Gasteiger partial charge in [-0.05, 0) is 80.1 Å². The highest BCUT2D eigenvalue weighted by molar-refractivity contribution is 6.04. The third-order valence-corrected chi connectivity index (χ3v) is 8.89. The van der Waals surface area contributed by atoms with Crippen molar-refractivity contribution in [1.82, 2.24) is 19.8 Å². The van der Waals surface area contributed by atoms with Crippen LogP contribution >= 0.6 is 0 Å². The zero-order chi connectivity index (χ0) is 30.6. The lowest BCUT2D eigenvalue weighted by molar-refractivity contribution is 0.0310. The van der Waals surface area contributed by atoms with Crippen molar-refractivity contribution < 1.29 is 19.4 Å². The minimum atomic E-state index is -0.217. The van der Waals surface area contributed by atoms with E-state index >= 15 is 0 Å². The summed E-state index contributed by atoms with van der Waals surface area (Å²) >= 11 is 0. The molecule has 0 saturated carbocycles. The van der Waals surface area contributed by atoms with Crippen molar-refractivity contribution in [3.05, 3.63) is 84.2 Å². The number of amides is 2. The maximum Gasteiger partial charge on any atom is 0.325 e. The van der Waals surface area contributed by atoms with E-state index in [2.05, 4.69) is 31.5 Å². The molecule has 10 nitrogen and oxygen atoms in total. The van der Waals surface area contributed by atoms with E-state index in [1.54, 1.807) is 31.1 Å². The van der Waals surface area contributed by atoms with Gasteiger partial charge >= 0.3 is 6.03 Å². The second kappa shape index (κ2) is 13.2. The number of pyridine rings is 1. The number of benzene rings is 2. The lowest BCUT2D eigenvalue weighted by atomic mass is 9.99. The molecule has 2 aliphatic heterocycles. The number of piperidine rings is 1. The van der Waals surface area contributed by atoms with Gasteiger partial charge in [-0.1, -0.05) is 12.1 Å². The molecule has 230 valence electrons. The molecule has 0 aliphatic carbocycles. The zero-order valence-electron chi connectivity index (χ0n) is 25.3. The van der Waals surface area contributed by atoms with Crippen molar-refractivity contribution >= 4 is 40.0 Å². The molecule has 10 heteroatoms. The summed E-state index contributed by atoms with van der Waals surface area (Å²) in [5, 5.41) is 16.7. The van der Waals surface area contributed by atoms with Crippen molar-refractivity contribution in [2.45, 2.75) is 56.8 Å². The summed E-state index contributed by atoms with van der Waals surface area (Å²) in [6.45, 7) is 2.14. The van der Waals surface area contributed by atoms with Crippen LogP contribution in [0.15, 0.2) is 73.1 Å². The lowest BCUT2D eigenvalue weighted by Crippen LogP contribution is -2.44. The number of aliphatic hydroxyl groups excluding tert-OH is 1. The first-order valence-electron chi connectivity index (χ1n) is 15.3. The first-order chi connectivity index (χ1) is 21.4. The summed E-state index contributed by atoms with van der Waals surface area (Å²) in [5.74, 6) is 0.244. The largest absolute Gasteiger partial charge is 0.393 e. The number of carbonyl (C=O) groups excluding carboxylic acids is 2. The number of ether oxygens (including phenoxy) is 1. The van der Waals surface area contributed by atoms with Gasteiger partial charge in [0.1, 0.15) is 5.82 Å². The molecule has 2 aliphatic rings. The predicted octanol–water partition coefficient (Wildman–Crippen LogP) is 5.14. The van der Waals surface area contributed by atoms with E-state index in [0.717, 1.165) is 60.9 Å². The number of hydrogen-bond donors (Lipinski definition) is 3. The Bertz CT molecular complexity index is 1610. The standard InChI is InChI=1S/C34H40N6O4/c1-35-34(43)39-16-13-25-18-26(10-11-31(25)39)38(15-3-17-44-2)29-12-14-36-32(21-29)37-33(42)24-6-4-23(5-7-24)22-40-27-8-9-28(40)20-30(41)19-27/h4-7,10-14,16,18,21,27-28,30,41H,3,8-9,15,17,19-20,22H2,1-2H3,(H,35,43)(H,36,37,42). The van der Waals surface area contributed by atoms with E-state index in [1.165, 1.54) is 5.56 Å². The Morgan fingerprint density at radius 2 is 1.77 bits per heavy atom. The Labute approximate surface area is 257 Å². The van der Waals surface area contributed by atoms with E-state index in [-0.39, 0.29) is 18.0 Å². The molecule has 44 heavy (non-hydrogen) atoms. The SMILES string of the molecule is CNC(=O)n1ccc2cc(N(CCCOC)c3ccnc(NC(=O)c4ccc(CN5C6CCC5CC(O)C6)cc4)c3)ccc21. The van der Waals surface area contributed by atoms with Gasteiger partial charge in [0.2, 0.25) is 0 Å². The van der Waals surface area contributed by atoms with Crippen LogP contribution in [0.3, 0.4) is 0 Å². The fourth-order valence-electron chi connectivity index (χ4n) is 6.69. The maximum atomic E-state index is 13.2. The molecule has 0 spiro atoms. The Balaban J connectivity index is 1.16. The number of fused-ring (bicyclic) bond motifs is 3. The highest BCUT2D eigenvalue weighted by Crippen LogP contribution is 2.37. The minimum Gasteiger partial charge on any atom is -0.393 e.